The van der Waals surface area contributed by atoms with E-state index in [2.05, 4.69) is 14.7 Å². The van der Waals surface area contributed by atoms with E-state index in [0.29, 0.717) is 22.3 Å². The Bertz CT molecular complexity index is 901. The molecule has 124 valence electrons. The molecule has 0 radical (unpaired) electrons. The Kier molecular flexibility index (Phi) is 5.02. The van der Waals surface area contributed by atoms with Gasteiger partial charge >= 0.3 is 0 Å². The maximum Gasteiger partial charge on any atom is 0.266 e. The fourth-order valence-electron chi connectivity index (χ4n) is 2.05. The third kappa shape index (κ3) is 4.19. The van der Waals surface area contributed by atoms with Gasteiger partial charge in [-0.3, -0.25) is 10.1 Å². The first-order valence-electron chi connectivity index (χ1n) is 7.52. The Morgan fingerprint density at radius 1 is 1.20 bits per heavy atom. The summed E-state index contributed by atoms with van der Waals surface area (Å²) in [5.74, 6) is 0.769. The molecule has 1 N–H and O–H groups in total. The van der Waals surface area contributed by atoms with Gasteiger partial charge in [0.25, 0.3) is 5.91 Å². The molecule has 1 atom stereocenters. The number of rotatable bonds is 5. The van der Waals surface area contributed by atoms with E-state index in [9.17, 15) is 4.79 Å². The Hall–Kier alpha value is -3.24. The van der Waals surface area contributed by atoms with Crippen molar-refractivity contribution in [3.63, 3.8) is 0 Å². The normalized spacial score (nSPS) is 11.4. The molecule has 0 aliphatic rings. The maximum absolute atomic E-state index is 12.2. The van der Waals surface area contributed by atoms with Crippen molar-refractivity contribution >= 4 is 22.6 Å². The standard InChI is InChI=1S/C18H14N4O2S/c1-12(24-15-9-7-13(11-19)8-10-15)17(23)21-18-20-16(22-25-18)14-5-3-2-4-6-14/h2-10,12H,1H3,(H,20,21,22,23). The van der Waals surface area contributed by atoms with Crippen molar-refractivity contribution < 1.29 is 9.53 Å². The van der Waals surface area contributed by atoms with Crippen LogP contribution in [0.25, 0.3) is 11.4 Å². The van der Waals surface area contributed by atoms with Crippen molar-refractivity contribution in [3.8, 4) is 23.2 Å². The van der Waals surface area contributed by atoms with Crippen LogP contribution in [0.3, 0.4) is 0 Å². The average Bonchev–Trinajstić information content (AvgIpc) is 3.11. The molecule has 1 aromatic heterocycles. The second kappa shape index (κ2) is 7.55. The molecule has 1 unspecified atom stereocenters. The Morgan fingerprint density at radius 2 is 1.92 bits per heavy atom. The summed E-state index contributed by atoms with van der Waals surface area (Å²) in [6, 6.07) is 18.1. The minimum atomic E-state index is -0.711. The summed E-state index contributed by atoms with van der Waals surface area (Å²) in [5.41, 5.74) is 1.42. The first-order valence-corrected chi connectivity index (χ1v) is 8.30. The summed E-state index contributed by atoms with van der Waals surface area (Å²) in [6.45, 7) is 1.65. The number of nitriles is 1. The zero-order valence-corrected chi connectivity index (χ0v) is 14.2. The molecule has 0 bridgehead atoms. The second-order valence-corrected chi connectivity index (χ2v) is 5.93. The first-order chi connectivity index (χ1) is 12.2. The van der Waals surface area contributed by atoms with Gasteiger partial charge in [0.1, 0.15) is 5.75 Å². The van der Waals surface area contributed by atoms with Crippen molar-refractivity contribution in [2.75, 3.05) is 5.32 Å². The SMILES string of the molecule is CC(Oc1ccc(C#N)cc1)C(=O)Nc1nc(-c2ccccc2)ns1. The maximum atomic E-state index is 12.2. The lowest BCUT2D eigenvalue weighted by Gasteiger charge is -2.13. The summed E-state index contributed by atoms with van der Waals surface area (Å²) in [6.07, 6.45) is -0.711. The van der Waals surface area contributed by atoms with E-state index >= 15 is 0 Å². The van der Waals surface area contributed by atoms with E-state index in [-0.39, 0.29) is 5.91 Å². The lowest BCUT2D eigenvalue weighted by atomic mass is 10.2. The van der Waals surface area contributed by atoms with E-state index in [1.54, 1.807) is 31.2 Å². The van der Waals surface area contributed by atoms with Crippen molar-refractivity contribution in [1.29, 1.82) is 5.26 Å². The molecule has 0 aliphatic carbocycles. The van der Waals surface area contributed by atoms with Crippen LogP contribution in [0.1, 0.15) is 12.5 Å². The van der Waals surface area contributed by atoms with Gasteiger partial charge in [0.05, 0.1) is 11.6 Å². The summed E-state index contributed by atoms with van der Waals surface area (Å²) in [4.78, 5) is 16.6. The van der Waals surface area contributed by atoms with Crippen LogP contribution < -0.4 is 10.1 Å². The Morgan fingerprint density at radius 3 is 2.60 bits per heavy atom. The molecule has 2 aromatic carbocycles. The predicted molar refractivity (Wildman–Crippen MR) is 95.2 cm³/mol. The van der Waals surface area contributed by atoms with Crippen LogP contribution in [0, 0.1) is 11.3 Å². The number of hydrogen-bond donors (Lipinski definition) is 1. The summed E-state index contributed by atoms with van der Waals surface area (Å²) >= 11 is 1.12. The van der Waals surface area contributed by atoms with Crippen LogP contribution >= 0.6 is 11.5 Å². The smallest absolute Gasteiger partial charge is 0.266 e. The fraction of sp³-hybridized carbons (Fsp3) is 0.111. The van der Waals surface area contributed by atoms with Gasteiger partial charge in [0.2, 0.25) is 5.13 Å². The molecule has 3 rings (SSSR count). The number of hydrogen-bond acceptors (Lipinski definition) is 6. The molecule has 6 nitrogen and oxygen atoms in total. The van der Waals surface area contributed by atoms with E-state index < -0.39 is 6.10 Å². The minimum Gasteiger partial charge on any atom is -0.481 e. The van der Waals surface area contributed by atoms with Gasteiger partial charge in [-0.15, -0.1) is 0 Å². The highest BCUT2D eigenvalue weighted by atomic mass is 32.1. The number of nitrogens with one attached hydrogen (secondary N) is 1. The zero-order chi connectivity index (χ0) is 17.6. The summed E-state index contributed by atoms with van der Waals surface area (Å²) < 4.78 is 9.82. The molecule has 1 amide bonds. The predicted octanol–water partition coefficient (Wildman–Crippen LogP) is 3.48. The highest BCUT2D eigenvalue weighted by Crippen LogP contribution is 2.21. The van der Waals surface area contributed by atoms with Crippen LogP contribution in [0.15, 0.2) is 54.6 Å². The quantitative estimate of drug-likeness (QED) is 0.761. The molecule has 25 heavy (non-hydrogen) atoms. The van der Waals surface area contributed by atoms with Crippen LogP contribution in [0.5, 0.6) is 5.75 Å². The number of anilines is 1. The van der Waals surface area contributed by atoms with Gasteiger partial charge in [-0.25, -0.2) is 0 Å². The molecule has 0 saturated heterocycles. The second-order valence-electron chi connectivity index (χ2n) is 5.17. The third-order valence-corrected chi connectivity index (χ3v) is 3.98. The molecular weight excluding hydrogens is 336 g/mol. The van der Waals surface area contributed by atoms with E-state index in [0.717, 1.165) is 17.1 Å². The van der Waals surface area contributed by atoms with Crippen LogP contribution in [-0.2, 0) is 4.79 Å². The lowest BCUT2D eigenvalue weighted by Crippen LogP contribution is -2.30. The minimum absolute atomic E-state index is 0.319. The first kappa shape index (κ1) is 16.6. The average molecular weight is 350 g/mol. The highest BCUT2D eigenvalue weighted by molar-refractivity contribution is 7.10. The van der Waals surface area contributed by atoms with Gasteiger partial charge in [0, 0.05) is 17.1 Å². The Labute approximate surface area is 148 Å². The zero-order valence-electron chi connectivity index (χ0n) is 13.3. The van der Waals surface area contributed by atoms with Crippen LogP contribution in [0.2, 0.25) is 0 Å². The van der Waals surface area contributed by atoms with Crippen LogP contribution in [-0.4, -0.2) is 21.4 Å². The number of amides is 1. The van der Waals surface area contributed by atoms with Crippen molar-refractivity contribution in [3.05, 3.63) is 60.2 Å². The van der Waals surface area contributed by atoms with Crippen LogP contribution in [0.4, 0.5) is 5.13 Å². The molecule has 0 aliphatic heterocycles. The third-order valence-electron chi connectivity index (χ3n) is 3.35. The lowest BCUT2D eigenvalue weighted by molar-refractivity contribution is -0.122. The van der Waals surface area contributed by atoms with Crippen molar-refractivity contribution in [2.45, 2.75) is 13.0 Å². The van der Waals surface area contributed by atoms with Gasteiger partial charge in [-0.1, -0.05) is 30.3 Å². The summed E-state index contributed by atoms with van der Waals surface area (Å²) in [5, 5.41) is 11.9. The van der Waals surface area contributed by atoms with E-state index in [1.807, 2.05) is 36.4 Å². The van der Waals surface area contributed by atoms with Crippen molar-refractivity contribution in [2.24, 2.45) is 0 Å². The van der Waals surface area contributed by atoms with Gasteiger partial charge in [-0.05, 0) is 31.2 Å². The molecule has 0 spiro atoms. The monoisotopic (exact) mass is 350 g/mol. The number of ether oxygens (including phenoxy) is 1. The molecular formula is C18H14N4O2S. The fourth-order valence-corrected chi connectivity index (χ4v) is 2.64. The molecule has 1 heterocycles. The number of carbonyl (C=O) groups excluding carboxylic acids is 1. The van der Waals surface area contributed by atoms with Crippen molar-refractivity contribution in [1.82, 2.24) is 9.36 Å². The number of nitrogens with zero attached hydrogens (tertiary/aromatic N) is 3. The van der Waals surface area contributed by atoms with Gasteiger partial charge < -0.3 is 4.74 Å². The van der Waals surface area contributed by atoms with E-state index in [4.69, 9.17) is 10.00 Å². The highest BCUT2D eigenvalue weighted by Gasteiger charge is 2.17. The summed E-state index contributed by atoms with van der Waals surface area (Å²) in [7, 11) is 0. The number of carbonyl (C=O) groups is 1. The molecule has 3 aromatic rings. The molecule has 0 fully saturated rings. The van der Waals surface area contributed by atoms with E-state index in [1.165, 1.54) is 0 Å². The number of benzene rings is 2. The topological polar surface area (TPSA) is 87.9 Å². The van der Waals surface area contributed by atoms with Gasteiger partial charge in [-0.2, -0.15) is 14.6 Å². The molecule has 7 heteroatoms. The Balaban J connectivity index is 1.61. The number of aromatic nitrogens is 2. The molecule has 0 saturated carbocycles. The van der Waals surface area contributed by atoms with Gasteiger partial charge in [0.15, 0.2) is 11.9 Å². The largest absolute Gasteiger partial charge is 0.481 e.